The first-order valence-electron chi connectivity index (χ1n) is 20.7. The van der Waals surface area contributed by atoms with Crippen molar-refractivity contribution >= 4 is 13.6 Å². The first-order chi connectivity index (χ1) is 24.9. The van der Waals surface area contributed by atoms with Gasteiger partial charge in [-0.05, 0) is 148 Å². The number of unbranched alkanes of at least 4 members (excludes halogenated alkanes) is 2. The Morgan fingerprint density at radius 2 is 1.37 bits per heavy atom. The van der Waals surface area contributed by atoms with Crippen molar-refractivity contribution in [2.45, 2.75) is 109 Å². The van der Waals surface area contributed by atoms with Crippen LogP contribution in [0.5, 0.6) is 0 Å². The molecule has 6 atom stereocenters. The minimum absolute atomic E-state index is 0.645. The lowest BCUT2D eigenvalue weighted by molar-refractivity contribution is 0.448. The second-order valence-electron chi connectivity index (χ2n) is 17.5. The molecule has 0 heterocycles. The molecule has 2 saturated carbocycles. The zero-order valence-electron chi connectivity index (χ0n) is 32.0. The summed E-state index contributed by atoms with van der Waals surface area (Å²) >= 11 is 0. The van der Waals surface area contributed by atoms with E-state index >= 15 is 0 Å². The number of aryl methyl sites for hydroxylation is 2. The van der Waals surface area contributed by atoms with Gasteiger partial charge in [-0.15, -0.1) is 0 Å². The summed E-state index contributed by atoms with van der Waals surface area (Å²) in [6.45, 7) is 13.0. The molecule has 4 aromatic carbocycles. The van der Waals surface area contributed by atoms with E-state index in [2.05, 4.69) is 143 Å². The Morgan fingerprint density at radius 3 is 2.06 bits per heavy atom. The van der Waals surface area contributed by atoms with E-state index in [-0.39, 0.29) is 0 Å². The van der Waals surface area contributed by atoms with Gasteiger partial charge in [0.1, 0.15) is 0 Å². The third kappa shape index (κ3) is 6.58. The predicted octanol–water partition coefficient (Wildman–Crippen LogP) is 13.9. The van der Waals surface area contributed by atoms with Crippen LogP contribution in [0.1, 0.15) is 99.1 Å². The molecule has 4 aliphatic rings. The van der Waals surface area contributed by atoms with E-state index in [1.54, 1.807) is 27.8 Å². The van der Waals surface area contributed by atoms with Crippen molar-refractivity contribution in [1.82, 2.24) is 0 Å². The van der Waals surface area contributed by atoms with Gasteiger partial charge in [0.05, 0.1) is 8.07 Å². The highest BCUT2D eigenvalue weighted by Crippen LogP contribution is 2.63. The molecule has 0 aliphatic heterocycles. The van der Waals surface area contributed by atoms with Crippen molar-refractivity contribution in [3.8, 4) is 22.3 Å². The Labute approximate surface area is 310 Å². The quantitative estimate of drug-likeness (QED) is 0.130. The lowest BCUT2D eigenvalue weighted by Crippen LogP contribution is -2.46. The molecule has 0 saturated heterocycles. The Hall–Kier alpha value is -3.42. The summed E-state index contributed by atoms with van der Waals surface area (Å²) in [4.78, 5) is 0. The van der Waals surface area contributed by atoms with Gasteiger partial charge in [0.2, 0.25) is 0 Å². The molecule has 0 aromatic heterocycles. The van der Waals surface area contributed by atoms with Crippen molar-refractivity contribution in [1.29, 1.82) is 0 Å². The van der Waals surface area contributed by atoms with E-state index in [9.17, 15) is 0 Å². The van der Waals surface area contributed by atoms with Crippen LogP contribution in [-0.4, -0.2) is 8.07 Å². The molecule has 0 N–H and O–H groups in total. The summed E-state index contributed by atoms with van der Waals surface area (Å²) in [7, 11) is -1.81. The van der Waals surface area contributed by atoms with Crippen molar-refractivity contribution in [3.05, 3.63) is 137 Å². The van der Waals surface area contributed by atoms with Crippen molar-refractivity contribution < 1.29 is 0 Å². The van der Waals surface area contributed by atoms with E-state index in [0.717, 1.165) is 28.8 Å². The molecule has 0 amide bonds. The fraction of sp³-hybridized carbons (Fsp3) is 0.440. The summed E-state index contributed by atoms with van der Waals surface area (Å²) in [5.41, 5.74) is 16.8. The Bertz CT molecular complexity index is 1880. The van der Waals surface area contributed by atoms with Crippen LogP contribution in [0.3, 0.4) is 0 Å². The second kappa shape index (κ2) is 14.5. The molecule has 264 valence electrons. The molecule has 2 fully saturated rings. The first kappa shape index (κ1) is 34.7. The molecule has 4 aromatic rings. The average molecular weight is 689 g/mol. The van der Waals surface area contributed by atoms with Crippen LogP contribution < -0.4 is 0 Å². The van der Waals surface area contributed by atoms with Crippen LogP contribution in [0.4, 0.5) is 0 Å². The van der Waals surface area contributed by atoms with Crippen LogP contribution in [0.15, 0.2) is 109 Å². The van der Waals surface area contributed by atoms with Gasteiger partial charge in [-0.25, -0.2) is 0 Å². The van der Waals surface area contributed by atoms with Crippen LogP contribution in [0.25, 0.3) is 27.8 Å². The SMILES string of the molecule is CCCCc1cc(CCCC)cc(C2=CC=CC3C2CC(C)C3[Si](C)(C)C2c3cccc(-c4ccccc4-c4ccccc4)c3CC2C2CC2)c1. The molecule has 4 aliphatic carbocycles. The van der Waals surface area contributed by atoms with Gasteiger partial charge in [-0.3, -0.25) is 0 Å². The lowest BCUT2D eigenvalue weighted by Gasteiger charge is -2.44. The Balaban J connectivity index is 1.15. The topological polar surface area (TPSA) is 0 Å². The molecular formula is C50H60Si. The third-order valence-corrected chi connectivity index (χ3v) is 18.8. The van der Waals surface area contributed by atoms with E-state index in [0.29, 0.717) is 11.8 Å². The largest absolute Gasteiger partial charge is 0.0808 e. The fourth-order valence-electron chi connectivity index (χ4n) is 11.5. The van der Waals surface area contributed by atoms with Crippen LogP contribution >= 0.6 is 0 Å². The highest BCUT2D eigenvalue weighted by Gasteiger charge is 2.57. The smallest absolute Gasteiger partial charge is 0.0595 e. The summed E-state index contributed by atoms with van der Waals surface area (Å²) in [5, 5.41) is 0. The zero-order valence-corrected chi connectivity index (χ0v) is 33.0. The summed E-state index contributed by atoms with van der Waals surface area (Å²) in [5.74, 6) is 3.76. The standard InChI is InChI=1S/C50H60Si/c1-6-8-17-35-30-36(18-9-7-2)32-39(31-35)41-23-15-25-44-47(41)29-34(3)49(44)51(4,5)50-45-26-16-24-43(48(45)33-46(50)38-27-28-38)42-22-14-13-21-40(42)37-19-11-10-12-20-37/h10-16,19-26,30-32,34,38,44,46-47,49-50H,6-9,17-18,27-29,33H2,1-5H3. The highest BCUT2D eigenvalue weighted by atomic mass is 28.3. The molecule has 0 nitrogen and oxygen atoms in total. The van der Waals surface area contributed by atoms with Gasteiger partial charge in [0, 0.05) is 0 Å². The molecule has 0 spiro atoms. The Morgan fingerprint density at radius 1 is 0.706 bits per heavy atom. The molecule has 0 radical (unpaired) electrons. The monoisotopic (exact) mass is 688 g/mol. The van der Waals surface area contributed by atoms with Gasteiger partial charge in [-0.2, -0.15) is 0 Å². The number of fused-ring (bicyclic) bond motifs is 2. The minimum atomic E-state index is -1.81. The van der Waals surface area contributed by atoms with Gasteiger partial charge in [0.25, 0.3) is 0 Å². The van der Waals surface area contributed by atoms with Crippen molar-refractivity contribution in [3.63, 3.8) is 0 Å². The van der Waals surface area contributed by atoms with Crippen LogP contribution in [0, 0.1) is 29.6 Å². The van der Waals surface area contributed by atoms with Crippen molar-refractivity contribution in [2.75, 3.05) is 0 Å². The fourth-order valence-corrected chi connectivity index (χ4v) is 17.4. The average Bonchev–Trinajstić information content (AvgIpc) is 3.83. The maximum Gasteiger partial charge on any atom is 0.0595 e. The number of rotatable bonds is 12. The van der Waals surface area contributed by atoms with Gasteiger partial charge in [0.15, 0.2) is 0 Å². The Kier molecular flexibility index (Phi) is 9.88. The summed E-state index contributed by atoms with van der Waals surface area (Å²) < 4.78 is 0. The molecular weight excluding hydrogens is 629 g/mol. The van der Waals surface area contributed by atoms with E-state index in [4.69, 9.17) is 0 Å². The summed E-state index contributed by atoms with van der Waals surface area (Å²) in [6, 6.07) is 35.4. The van der Waals surface area contributed by atoms with Crippen LogP contribution in [0.2, 0.25) is 18.6 Å². The van der Waals surface area contributed by atoms with Gasteiger partial charge >= 0.3 is 0 Å². The van der Waals surface area contributed by atoms with Gasteiger partial charge in [-0.1, -0.05) is 156 Å². The van der Waals surface area contributed by atoms with Gasteiger partial charge < -0.3 is 0 Å². The molecule has 6 unspecified atom stereocenters. The first-order valence-corrected chi connectivity index (χ1v) is 23.8. The molecule has 51 heavy (non-hydrogen) atoms. The van der Waals surface area contributed by atoms with E-state index in [1.807, 2.05) is 0 Å². The molecule has 1 heteroatoms. The molecule has 0 bridgehead atoms. The third-order valence-electron chi connectivity index (χ3n) is 13.8. The summed E-state index contributed by atoms with van der Waals surface area (Å²) in [6.07, 6.45) is 20.6. The zero-order chi connectivity index (χ0) is 35.1. The maximum atomic E-state index is 2.83. The minimum Gasteiger partial charge on any atom is -0.0808 e. The van der Waals surface area contributed by atoms with Crippen LogP contribution in [-0.2, 0) is 19.3 Å². The molecule has 8 rings (SSSR count). The lowest BCUT2D eigenvalue weighted by atomic mass is 9.80. The number of hydrogen-bond acceptors (Lipinski definition) is 0. The normalized spacial score (nSPS) is 25.5. The predicted molar refractivity (Wildman–Crippen MR) is 223 cm³/mol. The van der Waals surface area contributed by atoms with E-state index < -0.39 is 8.07 Å². The maximum absolute atomic E-state index is 2.83. The number of benzene rings is 4. The second-order valence-corrected chi connectivity index (χ2v) is 22.4. The number of allylic oxidation sites excluding steroid dienone is 4. The van der Waals surface area contributed by atoms with E-state index in [1.165, 1.54) is 92.0 Å². The van der Waals surface area contributed by atoms with Crippen molar-refractivity contribution in [2.24, 2.45) is 29.6 Å². The highest BCUT2D eigenvalue weighted by molar-refractivity contribution is 6.80. The number of hydrogen-bond donors (Lipinski definition) is 0.